The third kappa shape index (κ3) is 4.76. The summed E-state index contributed by atoms with van der Waals surface area (Å²) in [5.74, 6) is -1.48. The molecular weight excluding hydrogens is 401 g/mol. The minimum atomic E-state index is -3.67. The van der Waals surface area contributed by atoms with Crippen LogP contribution in [0.5, 0.6) is 0 Å². The molecular formula is C19H26FN3O5S. The van der Waals surface area contributed by atoms with Gasteiger partial charge in [0.15, 0.2) is 0 Å². The number of nitrogens with zero attached hydrogens (tertiary/aromatic N) is 2. The van der Waals surface area contributed by atoms with Gasteiger partial charge in [0.25, 0.3) is 11.8 Å². The van der Waals surface area contributed by atoms with Crippen LogP contribution in [0.15, 0.2) is 18.2 Å². The Balaban J connectivity index is 1.68. The minimum Gasteiger partial charge on any atom is -0.385 e. The summed E-state index contributed by atoms with van der Waals surface area (Å²) in [5.41, 5.74) is 0.668. The molecule has 0 aliphatic carbocycles. The molecule has 10 heteroatoms. The number of sulfonamides is 1. The molecule has 0 unspecified atom stereocenters. The summed E-state index contributed by atoms with van der Waals surface area (Å²) in [6.07, 6.45) is 0.739. The fraction of sp³-hybridized carbons (Fsp3) is 0.579. The number of amides is 2. The van der Waals surface area contributed by atoms with Crippen LogP contribution in [0.4, 0.5) is 4.39 Å². The molecule has 29 heavy (non-hydrogen) atoms. The van der Waals surface area contributed by atoms with E-state index in [0.29, 0.717) is 31.6 Å². The molecule has 0 spiro atoms. The SMILES string of the molecule is COCCCN1C(=O)[C@@H]2C[C@H](NC(=O)c3ccc(C)c(F)c3)CN2CCS1(=O)=O. The highest BCUT2D eigenvalue weighted by Gasteiger charge is 2.45. The van der Waals surface area contributed by atoms with E-state index in [1.54, 1.807) is 24.0 Å². The van der Waals surface area contributed by atoms with Crippen LogP contribution in [0.25, 0.3) is 0 Å². The highest BCUT2D eigenvalue weighted by atomic mass is 32.2. The molecule has 0 aromatic heterocycles. The molecule has 1 aromatic rings. The summed E-state index contributed by atoms with van der Waals surface area (Å²) in [6.45, 7) is 2.66. The van der Waals surface area contributed by atoms with E-state index in [2.05, 4.69) is 5.32 Å². The molecule has 8 nitrogen and oxygen atoms in total. The van der Waals surface area contributed by atoms with Gasteiger partial charge in [0.05, 0.1) is 11.8 Å². The van der Waals surface area contributed by atoms with Crippen molar-refractivity contribution in [3.63, 3.8) is 0 Å². The number of rotatable bonds is 6. The van der Waals surface area contributed by atoms with Gasteiger partial charge in [-0.15, -0.1) is 0 Å². The predicted molar refractivity (Wildman–Crippen MR) is 104 cm³/mol. The first-order chi connectivity index (χ1) is 13.7. The summed E-state index contributed by atoms with van der Waals surface area (Å²) >= 11 is 0. The van der Waals surface area contributed by atoms with Gasteiger partial charge in [-0.05, 0) is 37.5 Å². The lowest BCUT2D eigenvalue weighted by atomic mass is 10.1. The topological polar surface area (TPSA) is 96.0 Å². The highest BCUT2D eigenvalue weighted by Crippen LogP contribution is 2.25. The van der Waals surface area contributed by atoms with Crippen LogP contribution in [0, 0.1) is 12.7 Å². The van der Waals surface area contributed by atoms with Crippen LogP contribution in [0.2, 0.25) is 0 Å². The molecule has 2 amide bonds. The number of nitrogens with one attached hydrogen (secondary N) is 1. The van der Waals surface area contributed by atoms with Crippen molar-refractivity contribution in [3.8, 4) is 0 Å². The Labute approximate surface area is 170 Å². The monoisotopic (exact) mass is 427 g/mol. The van der Waals surface area contributed by atoms with Crippen molar-refractivity contribution in [2.45, 2.75) is 31.8 Å². The second-order valence-electron chi connectivity index (χ2n) is 7.45. The Morgan fingerprint density at radius 2 is 2.14 bits per heavy atom. The third-order valence-electron chi connectivity index (χ3n) is 5.39. The van der Waals surface area contributed by atoms with Crippen molar-refractivity contribution in [2.75, 3.05) is 39.1 Å². The van der Waals surface area contributed by atoms with Gasteiger partial charge in [0.2, 0.25) is 10.0 Å². The molecule has 2 saturated heterocycles. The molecule has 3 rings (SSSR count). The van der Waals surface area contributed by atoms with E-state index in [0.717, 1.165) is 4.31 Å². The Bertz CT molecular complexity index is 892. The molecule has 2 heterocycles. The lowest BCUT2D eigenvalue weighted by Gasteiger charge is -2.23. The van der Waals surface area contributed by atoms with Gasteiger partial charge in [-0.2, -0.15) is 0 Å². The van der Waals surface area contributed by atoms with E-state index < -0.39 is 33.7 Å². The first-order valence-corrected chi connectivity index (χ1v) is 11.2. The fourth-order valence-corrected chi connectivity index (χ4v) is 5.25. The third-order valence-corrected chi connectivity index (χ3v) is 7.12. The van der Waals surface area contributed by atoms with Gasteiger partial charge in [0.1, 0.15) is 5.82 Å². The maximum Gasteiger partial charge on any atom is 0.253 e. The summed E-state index contributed by atoms with van der Waals surface area (Å²) in [4.78, 5) is 27.2. The molecule has 2 fully saturated rings. The molecule has 1 N–H and O–H groups in total. The zero-order valence-electron chi connectivity index (χ0n) is 16.6. The van der Waals surface area contributed by atoms with E-state index in [4.69, 9.17) is 4.74 Å². The van der Waals surface area contributed by atoms with Crippen molar-refractivity contribution in [3.05, 3.63) is 35.1 Å². The van der Waals surface area contributed by atoms with E-state index in [1.807, 2.05) is 0 Å². The van der Waals surface area contributed by atoms with Crippen molar-refractivity contribution in [1.29, 1.82) is 0 Å². The lowest BCUT2D eigenvalue weighted by Crippen LogP contribution is -2.44. The maximum absolute atomic E-state index is 13.7. The number of benzene rings is 1. The average molecular weight is 427 g/mol. The number of fused-ring (bicyclic) bond motifs is 1. The van der Waals surface area contributed by atoms with Crippen molar-refractivity contribution in [1.82, 2.24) is 14.5 Å². The van der Waals surface area contributed by atoms with Crippen LogP contribution in [-0.4, -0.2) is 80.6 Å². The molecule has 1 aromatic carbocycles. The van der Waals surface area contributed by atoms with E-state index in [1.165, 1.54) is 13.2 Å². The highest BCUT2D eigenvalue weighted by molar-refractivity contribution is 7.89. The van der Waals surface area contributed by atoms with Crippen LogP contribution >= 0.6 is 0 Å². The predicted octanol–water partition coefficient (Wildman–Crippen LogP) is 0.515. The van der Waals surface area contributed by atoms with E-state index >= 15 is 0 Å². The minimum absolute atomic E-state index is 0.0824. The van der Waals surface area contributed by atoms with Gasteiger partial charge >= 0.3 is 0 Å². The molecule has 160 valence electrons. The van der Waals surface area contributed by atoms with E-state index in [9.17, 15) is 22.4 Å². The summed E-state index contributed by atoms with van der Waals surface area (Å²) in [5, 5.41) is 2.84. The molecule has 0 bridgehead atoms. The van der Waals surface area contributed by atoms with Gasteiger partial charge in [-0.25, -0.2) is 17.1 Å². The number of aryl methyl sites for hydroxylation is 1. The van der Waals surface area contributed by atoms with Gasteiger partial charge in [0, 0.05) is 45.0 Å². The number of carbonyl (C=O) groups excluding carboxylic acids is 2. The van der Waals surface area contributed by atoms with Gasteiger partial charge < -0.3 is 10.1 Å². The fourth-order valence-electron chi connectivity index (χ4n) is 3.76. The summed E-state index contributed by atoms with van der Waals surface area (Å²) in [6, 6.07) is 3.36. The number of hydrogen-bond acceptors (Lipinski definition) is 6. The van der Waals surface area contributed by atoms with Gasteiger partial charge in [-0.3, -0.25) is 14.5 Å². The van der Waals surface area contributed by atoms with Crippen LogP contribution < -0.4 is 5.32 Å². The number of hydrogen-bond donors (Lipinski definition) is 1. The molecule has 2 atom stereocenters. The first-order valence-electron chi connectivity index (χ1n) is 9.57. The molecule has 0 radical (unpaired) electrons. The number of methoxy groups -OCH3 is 1. The van der Waals surface area contributed by atoms with Crippen LogP contribution in [0.3, 0.4) is 0 Å². The quantitative estimate of drug-likeness (QED) is 0.665. The Morgan fingerprint density at radius 3 is 2.83 bits per heavy atom. The molecule has 0 saturated carbocycles. The molecule has 2 aliphatic rings. The number of halogens is 1. The molecule has 2 aliphatic heterocycles. The van der Waals surface area contributed by atoms with Crippen molar-refractivity contribution in [2.24, 2.45) is 0 Å². The first kappa shape index (κ1) is 21.7. The van der Waals surface area contributed by atoms with Crippen LogP contribution in [-0.2, 0) is 19.6 Å². The Morgan fingerprint density at radius 1 is 1.38 bits per heavy atom. The Hall–Kier alpha value is -2.04. The number of ether oxygens (including phenoxy) is 1. The zero-order valence-corrected chi connectivity index (χ0v) is 17.4. The smallest absolute Gasteiger partial charge is 0.253 e. The zero-order chi connectivity index (χ0) is 21.2. The van der Waals surface area contributed by atoms with Crippen molar-refractivity contribution < 1.29 is 27.1 Å². The van der Waals surface area contributed by atoms with E-state index in [-0.39, 0.29) is 30.4 Å². The van der Waals surface area contributed by atoms with Gasteiger partial charge in [-0.1, -0.05) is 6.07 Å². The maximum atomic E-state index is 13.7. The van der Waals surface area contributed by atoms with Crippen LogP contribution in [0.1, 0.15) is 28.8 Å². The Kier molecular flexibility index (Phi) is 6.55. The van der Waals surface area contributed by atoms with Crippen molar-refractivity contribution >= 4 is 21.8 Å². The second kappa shape index (κ2) is 8.76. The normalized spacial score (nSPS) is 24.2. The lowest BCUT2D eigenvalue weighted by molar-refractivity contribution is -0.130. The second-order valence-corrected chi connectivity index (χ2v) is 9.47. The number of carbonyl (C=O) groups is 2. The summed E-state index contributed by atoms with van der Waals surface area (Å²) < 4.78 is 44.6. The summed E-state index contributed by atoms with van der Waals surface area (Å²) in [7, 11) is -2.15. The standard InChI is InChI=1S/C19H26FN3O5S/c1-13-4-5-14(10-16(13)20)18(24)21-15-11-17-19(25)23(6-3-8-28-2)29(26,27)9-7-22(17)12-15/h4-5,10,15,17H,3,6-9,11-12H2,1-2H3,(H,21,24)/t15-,17-/m0/s1. The largest absolute Gasteiger partial charge is 0.385 e. The average Bonchev–Trinajstić information content (AvgIpc) is 3.04.